The summed E-state index contributed by atoms with van der Waals surface area (Å²) in [6.45, 7) is 0. The van der Waals surface area contributed by atoms with E-state index in [1.165, 1.54) is 6.07 Å². The maximum atomic E-state index is 13.7. The molecule has 0 heterocycles. The summed E-state index contributed by atoms with van der Waals surface area (Å²) in [5.41, 5.74) is 1.66. The first-order valence-corrected chi connectivity index (χ1v) is 6.73. The largest absolute Gasteiger partial charge is 0.313 e. The standard InChI is InChI=1S/C15H14Cl2FN/c1-19-15(9-10-4-2-3-5-14(10)18)11-6-7-12(16)13(17)8-11/h2-8,15,19H,9H2,1H3. The molecular weight excluding hydrogens is 284 g/mol. The number of likely N-dealkylation sites (N-methyl/N-ethyl adjacent to an activating group) is 1. The molecule has 1 unspecified atom stereocenters. The van der Waals surface area contributed by atoms with Gasteiger partial charge in [0.2, 0.25) is 0 Å². The third-order valence-electron chi connectivity index (χ3n) is 3.08. The number of benzene rings is 2. The Bertz CT molecular complexity index is 572. The number of rotatable bonds is 4. The van der Waals surface area contributed by atoms with Crippen LogP contribution < -0.4 is 5.32 Å². The quantitative estimate of drug-likeness (QED) is 0.867. The molecule has 0 saturated carbocycles. The summed E-state index contributed by atoms with van der Waals surface area (Å²) in [5.74, 6) is -0.192. The molecule has 0 saturated heterocycles. The van der Waals surface area contributed by atoms with Crippen molar-refractivity contribution < 1.29 is 4.39 Å². The maximum Gasteiger partial charge on any atom is 0.126 e. The predicted molar refractivity (Wildman–Crippen MR) is 78.4 cm³/mol. The highest BCUT2D eigenvalue weighted by atomic mass is 35.5. The molecule has 0 aliphatic carbocycles. The van der Waals surface area contributed by atoms with Gasteiger partial charge in [0, 0.05) is 6.04 Å². The molecule has 2 aromatic rings. The van der Waals surface area contributed by atoms with Gasteiger partial charge < -0.3 is 5.32 Å². The minimum absolute atomic E-state index is 0.00772. The minimum atomic E-state index is -0.192. The van der Waals surface area contributed by atoms with E-state index >= 15 is 0 Å². The Balaban J connectivity index is 2.25. The van der Waals surface area contributed by atoms with Crippen LogP contribution in [0, 0.1) is 5.82 Å². The van der Waals surface area contributed by atoms with Gasteiger partial charge in [-0.1, -0.05) is 47.5 Å². The van der Waals surface area contributed by atoms with Crippen LogP contribution in [0.1, 0.15) is 17.2 Å². The van der Waals surface area contributed by atoms with E-state index in [0.717, 1.165) is 5.56 Å². The first-order valence-electron chi connectivity index (χ1n) is 5.97. The van der Waals surface area contributed by atoms with Crippen molar-refractivity contribution in [1.82, 2.24) is 5.32 Å². The number of hydrogen-bond acceptors (Lipinski definition) is 1. The summed E-state index contributed by atoms with van der Waals surface area (Å²) in [6, 6.07) is 12.2. The van der Waals surface area contributed by atoms with Gasteiger partial charge in [0.1, 0.15) is 5.82 Å². The molecule has 0 amide bonds. The van der Waals surface area contributed by atoms with Crippen LogP contribution in [0.5, 0.6) is 0 Å². The van der Waals surface area contributed by atoms with Crippen molar-refractivity contribution in [2.75, 3.05) is 7.05 Å². The van der Waals surface area contributed by atoms with Crippen LogP contribution in [0.15, 0.2) is 42.5 Å². The van der Waals surface area contributed by atoms with Crippen LogP contribution >= 0.6 is 23.2 Å². The molecule has 0 spiro atoms. The van der Waals surface area contributed by atoms with Crippen molar-refractivity contribution in [1.29, 1.82) is 0 Å². The van der Waals surface area contributed by atoms with Crippen LogP contribution in [0.3, 0.4) is 0 Å². The van der Waals surface area contributed by atoms with Crippen LogP contribution in [0.2, 0.25) is 10.0 Å². The molecule has 0 fully saturated rings. The summed E-state index contributed by atoms with van der Waals surface area (Å²) in [7, 11) is 1.84. The van der Waals surface area contributed by atoms with Crippen LogP contribution in [0.25, 0.3) is 0 Å². The summed E-state index contributed by atoms with van der Waals surface area (Å²) in [6.07, 6.45) is 0.557. The Hall–Kier alpha value is -1.09. The Kier molecular flexibility index (Phi) is 4.81. The van der Waals surface area contributed by atoms with E-state index < -0.39 is 0 Å². The van der Waals surface area contributed by atoms with Crippen molar-refractivity contribution in [3.05, 3.63) is 69.5 Å². The molecule has 2 aromatic carbocycles. The van der Waals surface area contributed by atoms with Gasteiger partial charge in [-0.05, 0) is 42.8 Å². The van der Waals surface area contributed by atoms with Gasteiger partial charge in [0.05, 0.1) is 10.0 Å². The average Bonchev–Trinajstić information content (AvgIpc) is 2.41. The van der Waals surface area contributed by atoms with Gasteiger partial charge in [-0.15, -0.1) is 0 Å². The zero-order valence-electron chi connectivity index (χ0n) is 10.5. The smallest absolute Gasteiger partial charge is 0.126 e. The molecular formula is C15H14Cl2FN. The van der Waals surface area contributed by atoms with Crippen molar-refractivity contribution >= 4 is 23.2 Å². The van der Waals surface area contributed by atoms with Crippen LogP contribution in [-0.4, -0.2) is 7.05 Å². The lowest BCUT2D eigenvalue weighted by molar-refractivity contribution is 0.554. The van der Waals surface area contributed by atoms with Crippen molar-refractivity contribution in [3.63, 3.8) is 0 Å². The van der Waals surface area contributed by atoms with Crippen molar-refractivity contribution in [2.45, 2.75) is 12.5 Å². The van der Waals surface area contributed by atoms with E-state index in [0.29, 0.717) is 22.0 Å². The Morgan fingerprint density at radius 3 is 2.47 bits per heavy atom. The number of nitrogens with one attached hydrogen (secondary N) is 1. The molecule has 100 valence electrons. The Morgan fingerprint density at radius 1 is 1.11 bits per heavy atom. The molecule has 1 atom stereocenters. The highest BCUT2D eigenvalue weighted by Gasteiger charge is 2.13. The second kappa shape index (κ2) is 6.38. The normalized spacial score (nSPS) is 12.4. The molecule has 0 bridgehead atoms. The monoisotopic (exact) mass is 297 g/mol. The molecule has 0 aliphatic rings. The highest BCUT2D eigenvalue weighted by Crippen LogP contribution is 2.27. The number of halogens is 3. The van der Waals surface area contributed by atoms with Crippen LogP contribution in [0.4, 0.5) is 4.39 Å². The molecule has 0 radical (unpaired) electrons. The van der Waals surface area contributed by atoms with E-state index in [-0.39, 0.29) is 11.9 Å². The third kappa shape index (κ3) is 3.47. The molecule has 1 nitrogen and oxygen atoms in total. The van der Waals surface area contributed by atoms with Gasteiger partial charge in [0.25, 0.3) is 0 Å². The van der Waals surface area contributed by atoms with Crippen molar-refractivity contribution in [3.8, 4) is 0 Å². The lowest BCUT2D eigenvalue weighted by atomic mass is 9.99. The molecule has 1 N–H and O–H groups in total. The Morgan fingerprint density at radius 2 is 1.84 bits per heavy atom. The molecule has 19 heavy (non-hydrogen) atoms. The fourth-order valence-electron chi connectivity index (χ4n) is 2.00. The van der Waals surface area contributed by atoms with E-state index in [9.17, 15) is 4.39 Å². The molecule has 4 heteroatoms. The second-order valence-electron chi connectivity index (χ2n) is 4.31. The number of hydrogen-bond donors (Lipinski definition) is 1. The zero-order chi connectivity index (χ0) is 13.8. The molecule has 0 aliphatic heterocycles. The third-order valence-corrected chi connectivity index (χ3v) is 3.82. The van der Waals surface area contributed by atoms with Gasteiger partial charge in [-0.2, -0.15) is 0 Å². The van der Waals surface area contributed by atoms with Crippen LogP contribution in [-0.2, 0) is 6.42 Å². The SMILES string of the molecule is CNC(Cc1ccccc1F)c1ccc(Cl)c(Cl)c1. The van der Waals surface area contributed by atoms with Crippen molar-refractivity contribution in [2.24, 2.45) is 0 Å². The van der Waals surface area contributed by atoms with Gasteiger partial charge in [-0.25, -0.2) is 4.39 Å². The lowest BCUT2D eigenvalue weighted by Gasteiger charge is -2.17. The lowest BCUT2D eigenvalue weighted by Crippen LogP contribution is -2.19. The zero-order valence-corrected chi connectivity index (χ0v) is 12.0. The van der Waals surface area contributed by atoms with E-state index in [4.69, 9.17) is 23.2 Å². The summed E-state index contributed by atoms with van der Waals surface area (Å²) >= 11 is 11.9. The average molecular weight is 298 g/mol. The summed E-state index contributed by atoms with van der Waals surface area (Å²) in [4.78, 5) is 0. The first-order chi connectivity index (χ1) is 9.11. The fourth-order valence-corrected chi connectivity index (χ4v) is 2.31. The highest BCUT2D eigenvalue weighted by molar-refractivity contribution is 6.42. The van der Waals surface area contributed by atoms with Gasteiger partial charge in [0.15, 0.2) is 0 Å². The molecule has 2 rings (SSSR count). The van der Waals surface area contributed by atoms with Gasteiger partial charge >= 0.3 is 0 Å². The fraction of sp³-hybridized carbons (Fsp3) is 0.200. The summed E-state index contributed by atoms with van der Waals surface area (Å²) in [5, 5.41) is 4.20. The van der Waals surface area contributed by atoms with E-state index in [1.807, 2.05) is 25.2 Å². The van der Waals surface area contributed by atoms with E-state index in [1.54, 1.807) is 18.2 Å². The summed E-state index contributed by atoms with van der Waals surface area (Å²) < 4.78 is 13.7. The van der Waals surface area contributed by atoms with E-state index in [2.05, 4.69) is 5.32 Å². The second-order valence-corrected chi connectivity index (χ2v) is 5.12. The minimum Gasteiger partial charge on any atom is -0.313 e. The van der Waals surface area contributed by atoms with Gasteiger partial charge in [-0.3, -0.25) is 0 Å². The topological polar surface area (TPSA) is 12.0 Å². The Labute approximate surface area is 122 Å². The maximum absolute atomic E-state index is 13.7. The molecule has 0 aromatic heterocycles. The predicted octanol–water partition coefficient (Wildman–Crippen LogP) is 4.64. The first kappa shape index (κ1) is 14.3.